The Morgan fingerprint density at radius 3 is 2.44 bits per heavy atom. The minimum Gasteiger partial charge on any atom is -0.497 e. The van der Waals surface area contributed by atoms with Crippen molar-refractivity contribution in [3.63, 3.8) is 0 Å². The first-order chi connectivity index (χ1) is 12.1. The van der Waals surface area contributed by atoms with Gasteiger partial charge in [0.2, 0.25) is 5.91 Å². The summed E-state index contributed by atoms with van der Waals surface area (Å²) in [4.78, 5) is 26.5. The van der Waals surface area contributed by atoms with Crippen LogP contribution in [0.5, 0.6) is 11.5 Å². The molecule has 2 amide bonds. The lowest BCUT2D eigenvalue weighted by Crippen LogP contribution is -2.39. The van der Waals surface area contributed by atoms with Crippen molar-refractivity contribution in [2.45, 2.75) is 6.42 Å². The van der Waals surface area contributed by atoms with Crippen LogP contribution in [-0.4, -0.2) is 39.1 Å². The van der Waals surface area contributed by atoms with E-state index in [0.29, 0.717) is 23.6 Å². The molecule has 0 bridgehead atoms. The summed E-state index contributed by atoms with van der Waals surface area (Å²) >= 11 is 0. The number of para-hydroxylation sites is 1. The Balaban J connectivity index is 1.66. The maximum Gasteiger partial charge on any atom is 0.251 e. The molecular weight excluding hydrogens is 320 g/mol. The predicted octanol–water partition coefficient (Wildman–Crippen LogP) is 2.02. The van der Waals surface area contributed by atoms with Crippen LogP contribution in [0.2, 0.25) is 0 Å². The second-order valence-corrected chi connectivity index (χ2v) is 5.71. The van der Waals surface area contributed by atoms with Crippen LogP contribution in [0.4, 0.5) is 5.69 Å². The van der Waals surface area contributed by atoms with E-state index in [-0.39, 0.29) is 18.4 Å². The fraction of sp³-hybridized carbons (Fsp3) is 0.263. The Bertz CT molecular complexity index is 782. The lowest BCUT2D eigenvalue weighted by Gasteiger charge is -2.17. The summed E-state index contributed by atoms with van der Waals surface area (Å²) in [5, 5.41) is 2.67. The lowest BCUT2D eigenvalue weighted by molar-refractivity contribution is -0.117. The largest absolute Gasteiger partial charge is 0.497 e. The number of fused-ring (bicyclic) bond motifs is 1. The van der Waals surface area contributed by atoms with Crippen LogP contribution in [-0.2, 0) is 11.2 Å². The smallest absolute Gasteiger partial charge is 0.251 e. The zero-order chi connectivity index (χ0) is 17.8. The van der Waals surface area contributed by atoms with Gasteiger partial charge in [0, 0.05) is 23.9 Å². The second-order valence-electron chi connectivity index (χ2n) is 5.71. The third kappa shape index (κ3) is 3.57. The summed E-state index contributed by atoms with van der Waals surface area (Å²) < 4.78 is 10.3. The number of rotatable bonds is 5. The molecule has 6 heteroatoms. The molecule has 0 unspecified atom stereocenters. The molecule has 25 heavy (non-hydrogen) atoms. The van der Waals surface area contributed by atoms with E-state index in [9.17, 15) is 9.59 Å². The molecule has 0 atom stereocenters. The molecule has 3 rings (SSSR count). The summed E-state index contributed by atoms with van der Waals surface area (Å²) in [7, 11) is 3.04. The Labute approximate surface area is 146 Å². The van der Waals surface area contributed by atoms with Crippen LogP contribution in [0, 0.1) is 0 Å². The zero-order valence-electron chi connectivity index (χ0n) is 14.2. The van der Waals surface area contributed by atoms with Crippen molar-refractivity contribution >= 4 is 17.5 Å². The molecule has 0 fully saturated rings. The fourth-order valence-electron chi connectivity index (χ4n) is 2.89. The number of ether oxygens (including phenoxy) is 2. The van der Waals surface area contributed by atoms with Gasteiger partial charge in [-0.3, -0.25) is 9.59 Å². The van der Waals surface area contributed by atoms with E-state index in [4.69, 9.17) is 9.47 Å². The average Bonchev–Trinajstić information content (AvgIpc) is 3.09. The zero-order valence-corrected chi connectivity index (χ0v) is 14.2. The number of nitrogens with zero attached hydrogens (tertiary/aromatic N) is 1. The van der Waals surface area contributed by atoms with Crippen molar-refractivity contribution in [2.24, 2.45) is 0 Å². The number of hydrogen-bond donors (Lipinski definition) is 1. The molecule has 2 aromatic carbocycles. The normalized spacial score (nSPS) is 12.5. The Hall–Kier alpha value is -3.02. The van der Waals surface area contributed by atoms with Gasteiger partial charge in [-0.2, -0.15) is 0 Å². The van der Waals surface area contributed by atoms with Gasteiger partial charge in [0.1, 0.15) is 11.5 Å². The van der Waals surface area contributed by atoms with Crippen LogP contribution >= 0.6 is 0 Å². The van der Waals surface area contributed by atoms with E-state index in [0.717, 1.165) is 17.7 Å². The third-order valence-electron chi connectivity index (χ3n) is 4.20. The molecule has 6 nitrogen and oxygen atoms in total. The first-order valence-electron chi connectivity index (χ1n) is 8.02. The van der Waals surface area contributed by atoms with Crippen molar-refractivity contribution in [1.29, 1.82) is 0 Å². The summed E-state index contributed by atoms with van der Waals surface area (Å²) in [6.07, 6.45) is 0.836. The van der Waals surface area contributed by atoms with Gasteiger partial charge in [0.05, 0.1) is 20.8 Å². The van der Waals surface area contributed by atoms with Gasteiger partial charge in [-0.15, -0.1) is 0 Å². The highest BCUT2D eigenvalue weighted by Crippen LogP contribution is 2.27. The molecule has 2 aromatic rings. The van der Waals surface area contributed by atoms with E-state index in [1.807, 2.05) is 24.3 Å². The minimum absolute atomic E-state index is 0.0628. The summed E-state index contributed by atoms with van der Waals surface area (Å²) in [5.41, 5.74) is 2.45. The summed E-state index contributed by atoms with van der Waals surface area (Å²) in [6, 6.07) is 12.7. The molecule has 1 aliphatic heterocycles. The van der Waals surface area contributed by atoms with Gasteiger partial charge in [0.15, 0.2) is 0 Å². The van der Waals surface area contributed by atoms with Crippen LogP contribution in [0.3, 0.4) is 0 Å². The highest BCUT2D eigenvalue weighted by molar-refractivity contribution is 6.01. The molecule has 130 valence electrons. The maximum absolute atomic E-state index is 12.5. The Kier molecular flexibility index (Phi) is 4.88. The topological polar surface area (TPSA) is 67.9 Å². The Morgan fingerprint density at radius 1 is 1.08 bits per heavy atom. The van der Waals surface area contributed by atoms with Gasteiger partial charge in [-0.1, -0.05) is 18.2 Å². The first kappa shape index (κ1) is 16.8. The second kappa shape index (κ2) is 7.25. The standard InChI is InChI=1S/C19H20N2O4/c1-24-15-9-14(10-16(11-15)25-2)19(23)20-12-18(22)21-8-7-13-5-3-4-6-17(13)21/h3-6,9-11H,7-8,12H2,1-2H3,(H,20,23). The predicted molar refractivity (Wildman–Crippen MR) is 94.4 cm³/mol. The molecule has 0 saturated carbocycles. The first-order valence-corrected chi connectivity index (χ1v) is 8.02. The van der Waals surface area contributed by atoms with Crippen LogP contribution < -0.4 is 19.7 Å². The number of carbonyl (C=O) groups is 2. The van der Waals surface area contributed by atoms with Crippen LogP contribution in [0.15, 0.2) is 42.5 Å². The van der Waals surface area contributed by atoms with Crippen LogP contribution in [0.1, 0.15) is 15.9 Å². The van der Waals surface area contributed by atoms with Crippen molar-refractivity contribution in [3.8, 4) is 11.5 Å². The molecule has 0 aromatic heterocycles. The molecule has 0 spiro atoms. The number of anilines is 1. The highest BCUT2D eigenvalue weighted by Gasteiger charge is 2.24. The fourth-order valence-corrected chi connectivity index (χ4v) is 2.89. The number of benzene rings is 2. The average molecular weight is 340 g/mol. The van der Waals surface area contributed by atoms with Gasteiger partial charge < -0.3 is 19.7 Å². The van der Waals surface area contributed by atoms with Gasteiger partial charge in [0.25, 0.3) is 5.91 Å². The van der Waals surface area contributed by atoms with Crippen molar-refractivity contribution < 1.29 is 19.1 Å². The van der Waals surface area contributed by atoms with Crippen molar-refractivity contribution in [1.82, 2.24) is 5.32 Å². The molecule has 1 heterocycles. The number of nitrogens with one attached hydrogen (secondary N) is 1. The van der Waals surface area contributed by atoms with Crippen molar-refractivity contribution in [2.75, 3.05) is 32.2 Å². The molecular formula is C19H20N2O4. The summed E-state index contributed by atoms with van der Waals surface area (Å²) in [6.45, 7) is 0.577. The Morgan fingerprint density at radius 2 is 1.76 bits per heavy atom. The number of carbonyl (C=O) groups excluding carboxylic acids is 2. The molecule has 0 radical (unpaired) electrons. The minimum atomic E-state index is -0.349. The number of amides is 2. The number of methoxy groups -OCH3 is 2. The van der Waals surface area contributed by atoms with E-state index in [1.54, 1.807) is 23.1 Å². The van der Waals surface area contributed by atoms with Crippen molar-refractivity contribution in [3.05, 3.63) is 53.6 Å². The van der Waals surface area contributed by atoms with E-state index in [2.05, 4.69) is 5.32 Å². The van der Waals surface area contributed by atoms with Gasteiger partial charge in [-0.25, -0.2) is 0 Å². The SMILES string of the molecule is COc1cc(OC)cc(C(=O)NCC(=O)N2CCc3ccccc32)c1. The quantitative estimate of drug-likeness (QED) is 0.904. The lowest BCUT2D eigenvalue weighted by atomic mass is 10.2. The molecule has 0 saturated heterocycles. The molecule has 0 aliphatic carbocycles. The van der Waals surface area contributed by atoms with E-state index < -0.39 is 0 Å². The van der Waals surface area contributed by atoms with Crippen LogP contribution in [0.25, 0.3) is 0 Å². The highest BCUT2D eigenvalue weighted by atomic mass is 16.5. The third-order valence-corrected chi connectivity index (χ3v) is 4.20. The maximum atomic E-state index is 12.5. The molecule has 1 N–H and O–H groups in total. The van der Waals surface area contributed by atoms with Gasteiger partial charge >= 0.3 is 0 Å². The number of hydrogen-bond acceptors (Lipinski definition) is 4. The van der Waals surface area contributed by atoms with Gasteiger partial charge in [-0.05, 0) is 30.2 Å². The monoisotopic (exact) mass is 340 g/mol. The molecule has 1 aliphatic rings. The van der Waals surface area contributed by atoms with E-state index in [1.165, 1.54) is 14.2 Å². The van der Waals surface area contributed by atoms with E-state index >= 15 is 0 Å². The summed E-state index contributed by atoms with van der Waals surface area (Å²) in [5.74, 6) is 0.555.